The number of aromatic nitrogens is 1. The molecule has 1 fully saturated rings. The third kappa shape index (κ3) is 3.88. The normalized spacial score (nSPS) is 16.4. The number of piperidine rings is 1. The summed E-state index contributed by atoms with van der Waals surface area (Å²) in [6.45, 7) is 3.10. The van der Waals surface area contributed by atoms with E-state index in [2.05, 4.69) is 9.88 Å². The minimum Gasteiger partial charge on any atom is -0.378 e. The van der Waals surface area contributed by atoms with E-state index in [1.54, 1.807) is 6.07 Å². The zero-order valence-corrected chi connectivity index (χ0v) is 11.4. The summed E-state index contributed by atoms with van der Waals surface area (Å²) in [5, 5.41) is 10.6. The lowest BCUT2D eigenvalue weighted by Gasteiger charge is -2.32. The van der Waals surface area contributed by atoms with Crippen molar-refractivity contribution < 1.29 is 9.66 Å². The Hall–Kier alpha value is -1.73. The molecule has 20 heavy (non-hydrogen) atoms. The standard InChI is InChI=1S/C13H20N4O3/c14-6-1-9-20-12-4-7-16(8-5-12)13-3-2-11(10-15-13)17(18)19/h2-3,10,12H,1,4-9,14H2. The number of nitrogens with two attached hydrogens (primary N) is 1. The molecule has 1 aliphatic heterocycles. The van der Waals surface area contributed by atoms with Crippen LogP contribution in [0.3, 0.4) is 0 Å². The van der Waals surface area contributed by atoms with Crippen molar-refractivity contribution in [1.82, 2.24) is 4.98 Å². The molecule has 7 heteroatoms. The summed E-state index contributed by atoms with van der Waals surface area (Å²) < 4.78 is 5.74. The van der Waals surface area contributed by atoms with Crippen LogP contribution in [0.15, 0.2) is 18.3 Å². The van der Waals surface area contributed by atoms with Gasteiger partial charge in [-0.3, -0.25) is 10.1 Å². The molecule has 0 spiro atoms. The van der Waals surface area contributed by atoms with Gasteiger partial charge in [0.05, 0.1) is 11.0 Å². The predicted molar refractivity (Wildman–Crippen MR) is 75.7 cm³/mol. The zero-order chi connectivity index (χ0) is 14.4. The van der Waals surface area contributed by atoms with Crippen LogP contribution in [-0.2, 0) is 4.74 Å². The molecule has 0 saturated carbocycles. The highest BCUT2D eigenvalue weighted by Crippen LogP contribution is 2.21. The van der Waals surface area contributed by atoms with Crippen LogP contribution in [0.1, 0.15) is 19.3 Å². The van der Waals surface area contributed by atoms with Crippen molar-refractivity contribution in [1.29, 1.82) is 0 Å². The first-order valence-corrected chi connectivity index (χ1v) is 6.88. The average Bonchev–Trinajstić information content (AvgIpc) is 2.48. The summed E-state index contributed by atoms with van der Waals surface area (Å²) in [5.41, 5.74) is 5.45. The quantitative estimate of drug-likeness (QED) is 0.480. The summed E-state index contributed by atoms with van der Waals surface area (Å²) in [6.07, 6.45) is 4.38. The van der Waals surface area contributed by atoms with Crippen LogP contribution < -0.4 is 10.6 Å². The molecule has 1 aromatic heterocycles. The summed E-state index contributed by atoms with van der Waals surface area (Å²) >= 11 is 0. The zero-order valence-electron chi connectivity index (χ0n) is 11.4. The average molecular weight is 280 g/mol. The van der Waals surface area contributed by atoms with Crippen molar-refractivity contribution >= 4 is 11.5 Å². The fourth-order valence-electron chi connectivity index (χ4n) is 2.26. The number of nitro groups is 1. The van der Waals surface area contributed by atoms with Gasteiger partial charge < -0.3 is 15.4 Å². The predicted octanol–water partition coefficient (Wildman–Crippen LogP) is 1.32. The third-order valence-corrected chi connectivity index (χ3v) is 3.41. The largest absolute Gasteiger partial charge is 0.378 e. The maximum Gasteiger partial charge on any atom is 0.287 e. The smallest absolute Gasteiger partial charge is 0.287 e. The topological polar surface area (TPSA) is 94.5 Å². The van der Waals surface area contributed by atoms with E-state index in [0.717, 1.165) is 44.8 Å². The molecule has 2 N–H and O–H groups in total. The summed E-state index contributed by atoms with van der Waals surface area (Å²) in [6, 6.07) is 3.19. The van der Waals surface area contributed by atoms with Crippen molar-refractivity contribution in [3.05, 3.63) is 28.4 Å². The maximum absolute atomic E-state index is 10.6. The molecule has 1 saturated heterocycles. The van der Waals surface area contributed by atoms with Crippen LogP contribution in [0.25, 0.3) is 0 Å². The van der Waals surface area contributed by atoms with Gasteiger partial charge in [-0.1, -0.05) is 0 Å². The highest BCUT2D eigenvalue weighted by molar-refractivity contribution is 5.43. The van der Waals surface area contributed by atoms with E-state index >= 15 is 0 Å². The van der Waals surface area contributed by atoms with E-state index in [1.165, 1.54) is 12.3 Å². The van der Waals surface area contributed by atoms with Crippen molar-refractivity contribution in [3.8, 4) is 0 Å². The molecule has 0 unspecified atom stereocenters. The molecule has 0 atom stereocenters. The van der Waals surface area contributed by atoms with Gasteiger partial charge in [0.15, 0.2) is 0 Å². The second-order valence-electron chi connectivity index (χ2n) is 4.83. The van der Waals surface area contributed by atoms with Gasteiger partial charge in [0.1, 0.15) is 12.0 Å². The molecule has 0 bridgehead atoms. The highest BCUT2D eigenvalue weighted by Gasteiger charge is 2.20. The minimum atomic E-state index is -0.436. The summed E-state index contributed by atoms with van der Waals surface area (Å²) in [7, 11) is 0. The van der Waals surface area contributed by atoms with Crippen LogP contribution in [0.5, 0.6) is 0 Å². The van der Waals surface area contributed by atoms with Crippen molar-refractivity contribution in [2.75, 3.05) is 31.1 Å². The maximum atomic E-state index is 10.6. The number of hydrogen-bond acceptors (Lipinski definition) is 6. The lowest BCUT2D eigenvalue weighted by molar-refractivity contribution is -0.385. The molecule has 1 aliphatic rings. The van der Waals surface area contributed by atoms with Gasteiger partial charge in [-0.25, -0.2) is 4.98 Å². The van der Waals surface area contributed by atoms with Crippen molar-refractivity contribution in [2.45, 2.75) is 25.4 Å². The molecule has 7 nitrogen and oxygen atoms in total. The van der Waals surface area contributed by atoms with Crippen LogP contribution in [0.4, 0.5) is 11.5 Å². The molecular weight excluding hydrogens is 260 g/mol. The van der Waals surface area contributed by atoms with Crippen LogP contribution in [-0.4, -0.2) is 42.3 Å². The van der Waals surface area contributed by atoms with E-state index in [0.29, 0.717) is 6.54 Å². The van der Waals surface area contributed by atoms with Crippen molar-refractivity contribution in [2.24, 2.45) is 5.73 Å². The van der Waals surface area contributed by atoms with E-state index in [9.17, 15) is 10.1 Å². The Morgan fingerprint density at radius 2 is 2.20 bits per heavy atom. The van der Waals surface area contributed by atoms with Gasteiger partial charge in [0.2, 0.25) is 0 Å². The molecular formula is C13H20N4O3. The Morgan fingerprint density at radius 3 is 2.75 bits per heavy atom. The number of anilines is 1. The number of pyridine rings is 1. The second kappa shape index (κ2) is 7.16. The minimum absolute atomic E-state index is 0.0220. The number of rotatable bonds is 6. The highest BCUT2D eigenvalue weighted by atomic mass is 16.6. The van der Waals surface area contributed by atoms with E-state index in [1.807, 2.05) is 0 Å². The molecule has 1 aromatic rings. The number of ether oxygens (including phenoxy) is 1. The summed E-state index contributed by atoms with van der Waals surface area (Å²) in [5.74, 6) is 0.788. The Labute approximate surface area is 117 Å². The van der Waals surface area contributed by atoms with Gasteiger partial charge in [-0.2, -0.15) is 0 Å². The van der Waals surface area contributed by atoms with Gasteiger partial charge in [0.25, 0.3) is 5.69 Å². The Morgan fingerprint density at radius 1 is 1.45 bits per heavy atom. The fraction of sp³-hybridized carbons (Fsp3) is 0.615. The summed E-state index contributed by atoms with van der Waals surface area (Å²) in [4.78, 5) is 16.4. The first kappa shape index (κ1) is 14.7. The number of hydrogen-bond donors (Lipinski definition) is 1. The second-order valence-corrected chi connectivity index (χ2v) is 4.83. The third-order valence-electron chi connectivity index (χ3n) is 3.41. The van der Waals surface area contributed by atoms with Gasteiger partial charge in [0, 0.05) is 25.8 Å². The Kier molecular flexibility index (Phi) is 5.25. The lowest BCUT2D eigenvalue weighted by Crippen LogP contribution is -2.37. The lowest BCUT2D eigenvalue weighted by atomic mass is 10.1. The molecule has 110 valence electrons. The first-order valence-electron chi connectivity index (χ1n) is 6.88. The van der Waals surface area contributed by atoms with E-state index < -0.39 is 4.92 Å². The first-order chi connectivity index (χ1) is 9.70. The molecule has 0 aliphatic carbocycles. The Bertz CT molecular complexity index is 430. The van der Waals surface area contributed by atoms with Crippen molar-refractivity contribution in [3.63, 3.8) is 0 Å². The van der Waals surface area contributed by atoms with Crippen LogP contribution in [0, 0.1) is 10.1 Å². The van der Waals surface area contributed by atoms with Gasteiger partial charge >= 0.3 is 0 Å². The van der Waals surface area contributed by atoms with Gasteiger partial charge in [-0.05, 0) is 31.9 Å². The number of nitrogens with zero attached hydrogens (tertiary/aromatic N) is 3. The fourth-order valence-corrected chi connectivity index (χ4v) is 2.26. The van der Waals surface area contributed by atoms with Gasteiger partial charge in [-0.15, -0.1) is 0 Å². The molecule has 2 rings (SSSR count). The SMILES string of the molecule is NCCCOC1CCN(c2ccc([N+](=O)[O-])cn2)CC1. The molecule has 0 radical (unpaired) electrons. The van der Waals surface area contributed by atoms with E-state index in [4.69, 9.17) is 10.5 Å². The van der Waals surface area contributed by atoms with E-state index in [-0.39, 0.29) is 11.8 Å². The van der Waals surface area contributed by atoms with Crippen LogP contribution in [0.2, 0.25) is 0 Å². The monoisotopic (exact) mass is 280 g/mol. The molecule has 2 heterocycles. The van der Waals surface area contributed by atoms with Crippen LogP contribution >= 0.6 is 0 Å². The molecule has 0 aromatic carbocycles. The Balaban J connectivity index is 1.82. The molecule has 0 amide bonds.